The molecule has 1 heterocycles. The summed E-state index contributed by atoms with van der Waals surface area (Å²) in [6.45, 7) is 7.58. The Balaban J connectivity index is 1.96. The monoisotopic (exact) mass is 485 g/mol. The molecule has 0 unspecified atom stereocenters. The molecule has 0 spiro atoms. The smallest absolute Gasteiger partial charge is 0.336 e. The Morgan fingerprint density at radius 3 is 2.38 bits per heavy atom. The number of rotatable bonds is 10. The fraction of sp³-hybridized carbons (Fsp3) is 0.385. The molecule has 0 aliphatic heterocycles. The van der Waals surface area contributed by atoms with Crippen LogP contribution in [0.1, 0.15) is 56.2 Å². The highest BCUT2D eigenvalue weighted by Gasteiger charge is 2.28. The van der Waals surface area contributed by atoms with Gasteiger partial charge in [-0.15, -0.1) is 0 Å². The van der Waals surface area contributed by atoms with Crippen LogP contribution in [0.5, 0.6) is 5.75 Å². The summed E-state index contributed by atoms with van der Waals surface area (Å²) in [4.78, 5) is 25.3. The lowest BCUT2D eigenvalue weighted by Crippen LogP contribution is -2.42. The fourth-order valence-electron chi connectivity index (χ4n) is 3.78. The second kappa shape index (κ2) is 11.0. The quantitative estimate of drug-likeness (QED) is 0.251. The van der Waals surface area contributed by atoms with Crippen molar-refractivity contribution in [1.82, 2.24) is 4.72 Å². The van der Waals surface area contributed by atoms with Gasteiger partial charge in [0.25, 0.3) is 0 Å². The van der Waals surface area contributed by atoms with Crippen molar-refractivity contribution in [3.05, 3.63) is 69.6 Å². The molecule has 1 N–H and O–H groups in total. The van der Waals surface area contributed by atoms with Gasteiger partial charge in [0.05, 0.1) is 10.3 Å². The molecule has 3 rings (SSSR count). The number of ether oxygens (including phenoxy) is 1. The number of hydrogen-bond donors (Lipinski definition) is 1. The van der Waals surface area contributed by atoms with Crippen molar-refractivity contribution in [1.29, 1.82) is 0 Å². The molecule has 8 heteroatoms. The van der Waals surface area contributed by atoms with Gasteiger partial charge in [0.15, 0.2) is 0 Å². The van der Waals surface area contributed by atoms with E-state index < -0.39 is 27.7 Å². The highest BCUT2D eigenvalue weighted by Crippen LogP contribution is 2.31. The molecule has 182 valence electrons. The van der Waals surface area contributed by atoms with E-state index in [4.69, 9.17) is 9.15 Å². The van der Waals surface area contributed by atoms with E-state index in [1.165, 1.54) is 18.2 Å². The predicted molar refractivity (Wildman–Crippen MR) is 132 cm³/mol. The van der Waals surface area contributed by atoms with Gasteiger partial charge in [-0.1, -0.05) is 44.4 Å². The number of carbonyl (C=O) groups excluding carboxylic acids is 1. The average molecular weight is 486 g/mol. The first-order valence-electron chi connectivity index (χ1n) is 11.5. The molecular formula is C26H31NO6S. The molecule has 0 amide bonds. The Kier molecular flexibility index (Phi) is 8.28. The maximum Gasteiger partial charge on any atom is 0.336 e. The number of carbonyl (C=O) groups is 1. The topological polar surface area (TPSA) is 103 Å². The van der Waals surface area contributed by atoms with Gasteiger partial charge in [-0.05, 0) is 68.5 Å². The van der Waals surface area contributed by atoms with Crippen molar-refractivity contribution < 1.29 is 22.4 Å². The first-order valence-corrected chi connectivity index (χ1v) is 13.0. The first-order chi connectivity index (χ1) is 16.1. The SMILES string of the molecule is CCCCc1cc(=O)oc2cc(C)cc(OC(=O)[C@H](CCC)NS(=O)(=O)c3ccc(C)cc3)c12. The highest BCUT2D eigenvalue weighted by molar-refractivity contribution is 7.89. The minimum atomic E-state index is -3.92. The maximum atomic E-state index is 13.2. The van der Waals surface area contributed by atoms with Crippen molar-refractivity contribution in [2.45, 2.75) is 70.7 Å². The molecular weight excluding hydrogens is 454 g/mol. The Morgan fingerprint density at radius 2 is 1.74 bits per heavy atom. The number of unbranched alkanes of at least 4 members (excludes halogenated alkanes) is 1. The van der Waals surface area contributed by atoms with E-state index in [1.807, 2.05) is 20.8 Å². The van der Waals surface area contributed by atoms with E-state index in [2.05, 4.69) is 4.72 Å². The second-order valence-electron chi connectivity index (χ2n) is 8.53. The molecule has 0 radical (unpaired) electrons. The van der Waals surface area contributed by atoms with E-state index >= 15 is 0 Å². The highest BCUT2D eigenvalue weighted by atomic mass is 32.2. The number of benzene rings is 2. The van der Waals surface area contributed by atoms with E-state index in [-0.39, 0.29) is 17.1 Å². The summed E-state index contributed by atoms with van der Waals surface area (Å²) in [6.07, 6.45) is 3.26. The van der Waals surface area contributed by atoms with Crippen molar-refractivity contribution in [3.63, 3.8) is 0 Å². The van der Waals surface area contributed by atoms with Gasteiger partial charge < -0.3 is 9.15 Å². The minimum Gasteiger partial charge on any atom is -0.425 e. The maximum absolute atomic E-state index is 13.2. The third-order valence-corrected chi connectivity index (χ3v) is 7.02. The summed E-state index contributed by atoms with van der Waals surface area (Å²) in [5, 5.41) is 0.559. The molecule has 0 fully saturated rings. The normalized spacial score (nSPS) is 12.6. The van der Waals surface area contributed by atoms with Crippen LogP contribution in [0.3, 0.4) is 0 Å². The van der Waals surface area contributed by atoms with Crippen molar-refractivity contribution >= 4 is 27.0 Å². The number of fused-ring (bicyclic) bond motifs is 1. The van der Waals surface area contributed by atoms with Crippen molar-refractivity contribution in [2.24, 2.45) is 0 Å². The standard InChI is InChI=1S/C26H31NO6S/c1-5-7-9-19-16-24(28)32-22-14-18(4)15-23(25(19)22)33-26(29)21(8-6-2)27-34(30,31)20-12-10-17(3)11-13-20/h10-16,21,27H,5-9H2,1-4H3/t21-/m0/s1. The Bertz CT molecular complexity index is 1330. The summed E-state index contributed by atoms with van der Waals surface area (Å²) in [7, 11) is -3.92. The summed E-state index contributed by atoms with van der Waals surface area (Å²) >= 11 is 0. The summed E-state index contributed by atoms with van der Waals surface area (Å²) in [5.41, 5.74) is 2.30. The second-order valence-corrected chi connectivity index (χ2v) is 10.2. The van der Waals surface area contributed by atoms with Gasteiger partial charge in [0.1, 0.15) is 17.4 Å². The Labute approximate surface area is 200 Å². The van der Waals surface area contributed by atoms with E-state index in [0.717, 1.165) is 29.5 Å². The van der Waals surface area contributed by atoms with Crippen molar-refractivity contribution in [2.75, 3.05) is 0 Å². The zero-order valence-electron chi connectivity index (χ0n) is 20.0. The number of sulfonamides is 1. The number of hydrogen-bond acceptors (Lipinski definition) is 6. The zero-order valence-corrected chi connectivity index (χ0v) is 20.8. The van der Waals surface area contributed by atoms with Crippen LogP contribution in [-0.2, 0) is 21.2 Å². The van der Waals surface area contributed by atoms with Crippen molar-refractivity contribution in [3.8, 4) is 5.75 Å². The largest absolute Gasteiger partial charge is 0.425 e. The molecule has 0 aliphatic carbocycles. The number of esters is 1. The van der Waals surface area contributed by atoms with Crippen LogP contribution < -0.4 is 15.1 Å². The molecule has 0 saturated carbocycles. The lowest BCUT2D eigenvalue weighted by molar-refractivity contribution is -0.136. The number of nitrogens with one attached hydrogen (secondary N) is 1. The van der Waals surface area contributed by atoms with Gasteiger partial charge in [-0.2, -0.15) is 4.72 Å². The predicted octanol–water partition coefficient (Wildman–Crippen LogP) is 4.81. The van der Waals surface area contributed by atoms with E-state index in [9.17, 15) is 18.0 Å². The Morgan fingerprint density at radius 1 is 1.03 bits per heavy atom. The molecule has 0 saturated heterocycles. The lowest BCUT2D eigenvalue weighted by atomic mass is 10.0. The van der Waals surface area contributed by atoms with Crippen LogP contribution >= 0.6 is 0 Å². The van der Waals surface area contributed by atoms with Crippen LogP contribution in [0, 0.1) is 13.8 Å². The van der Waals surface area contributed by atoms with Crippen LogP contribution in [0.2, 0.25) is 0 Å². The van der Waals surface area contributed by atoms with Gasteiger partial charge in [0, 0.05) is 6.07 Å². The molecule has 0 bridgehead atoms. The Hall–Kier alpha value is -2.97. The molecule has 0 aliphatic rings. The molecule has 7 nitrogen and oxygen atoms in total. The lowest BCUT2D eigenvalue weighted by Gasteiger charge is -2.18. The fourth-order valence-corrected chi connectivity index (χ4v) is 5.00. The summed E-state index contributed by atoms with van der Waals surface area (Å²) in [5.74, 6) is -0.456. The molecule has 1 atom stereocenters. The van der Waals surface area contributed by atoms with Gasteiger partial charge in [0.2, 0.25) is 10.0 Å². The summed E-state index contributed by atoms with van der Waals surface area (Å²) < 4.78 is 39.4. The van der Waals surface area contributed by atoms with Crippen LogP contribution in [0.15, 0.2) is 56.6 Å². The average Bonchev–Trinajstić information content (AvgIpc) is 2.76. The van der Waals surface area contributed by atoms with E-state index in [0.29, 0.717) is 23.8 Å². The third-order valence-electron chi connectivity index (χ3n) is 5.53. The third kappa shape index (κ3) is 6.12. The van der Waals surface area contributed by atoms with Crippen LogP contribution in [-0.4, -0.2) is 20.4 Å². The molecule has 2 aromatic carbocycles. The minimum absolute atomic E-state index is 0.0802. The van der Waals surface area contributed by atoms with Crippen LogP contribution in [0.25, 0.3) is 11.0 Å². The molecule has 3 aromatic rings. The first kappa shape index (κ1) is 25.6. The van der Waals surface area contributed by atoms with Gasteiger partial charge in [-0.3, -0.25) is 0 Å². The van der Waals surface area contributed by atoms with Gasteiger partial charge >= 0.3 is 11.6 Å². The van der Waals surface area contributed by atoms with Gasteiger partial charge in [-0.25, -0.2) is 18.0 Å². The van der Waals surface area contributed by atoms with Crippen LogP contribution in [0.4, 0.5) is 0 Å². The number of aryl methyl sites for hydroxylation is 3. The van der Waals surface area contributed by atoms with E-state index in [1.54, 1.807) is 31.2 Å². The zero-order chi connectivity index (χ0) is 24.9. The molecule has 34 heavy (non-hydrogen) atoms. The summed E-state index contributed by atoms with van der Waals surface area (Å²) in [6, 6.07) is 10.2. The molecule has 1 aromatic heterocycles.